The zero-order valence-electron chi connectivity index (χ0n) is 11.5. The van der Waals surface area contributed by atoms with Gasteiger partial charge in [-0.25, -0.2) is 8.78 Å². The molecule has 0 radical (unpaired) electrons. The Morgan fingerprint density at radius 1 is 0.773 bits per heavy atom. The van der Waals surface area contributed by atoms with Gasteiger partial charge in [-0.2, -0.15) is 8.78 Å². The lowest BCUT2D eigenvalue weighted by Crippen LogP contribution is -2.12. The Morgan fingerprint density at radius 2 is 1.27 bits per heavy atom. The number of methoxy groups -OCH3 is 1. The van der Waals surface area contributed by atoms with E-state index >= 15 is 0 Å². The second-order valence-corrected chi connectivity index (χ2v) is 4.17. The number of benzene rings is 2. The highest BCUT2D eigenvalue weighted by Crippen LogP contribution is 2.26. The molecule has 0 saturated heterocycles. The average molecular weight is 316 g/mol. The summed E-state index contributed by atoms with van der Waals surface area (Å²) in [4.78, 5) is 0. The SMILES string of the molecule is COc1ccc(OCCOc2c(F)c(F)cc(F)c2F)cc1. The van der Waals surface area contributed by atoms with Gasteiger partial charge >= 0.3 is 0 Å². The predicted molar refractivity (Wildman–Crippen MR) is 70.3 cm³/mol. The largest absolute Gasteiger partial charge is 0.497 e. The molecule has 0 amide bonds. The van der Waals surface area contributed by atoms with Crippen molar-refractivity contribution >= 4 is 0 Å². The third-order valence-corrected chi connectivity index (χ3v) is 2.73. The molecule has 0 aliphatic carbocycles. The number of halogens is 4. The minimum Gasteiger partial charge on any atom is -0.497 e. The van der Waals surface area contributed by atoms with Crippen LogP contribution in [0.25, 0.3) is 0 Å². The van der Waals surface area contributed by atoms with Crippen LogP contribution in [0.5, 0.6) is 17.2 Å². The maximum atomic E-state index is 13.3. The van der Waals surface area contributed by atoms with Crippen LogP contribution in [0.4, 0.5) is 17.6 Å². The third kappa shape index (κ3) is 3.60. The first-order chi connectivity index (χ1) is 10.5. The van der Waals surface area contributed by atoms with Crippen molar-refractivity contribution in [1.82, 2.24) is 0 Å². The van der Waals surface area contributed by atoms with E-state index in [9.17, 15) is 17.6 Å². The number of hydrogen-bond donors (Lipinski definition) is 0. The number of hydrogen-bond acceptors (Lipinski definition) is 3. The highest BCUT2D eigenvalue weighted by atomic mass is 19.2. The van der Waals surface area contributed by atoms with Crippen LogP contribution in [0, 0.1) is 23.3 Å². The second-order valence-electron chi connectivity index (χ2n) is 4.17. The molecule has 0 aliphatic heterocycles. The Balaban J connectivity index is 1.91. The van der Waals surface area contributed by atoms with Gasteiger partial charge in [-0.05, 0) is 24.3 Å². The maximum Gasteiger partial charge on any atom is 0.203 e. The smallest absolute Gasteiger partial charge is 0.203 e. The molecule has 0 unspecified atom stereocenters. The topological polar surface area (TPSA) is 27.7 Å². The highest BCUT2D eigenvalue weighted by molar-refractivity contribution is 5.31. The zero-order chi connectivity index (χ0) is 16.1. The summed E-state index contributed by atoms with van der Waals surface area (Å²) < 4.78 is 67.5. The highest BCUT2D eigenvalue weighted by Gasteiger charge is 2.20. The summed E-state index contributed by atoms with van der Waals surface area (Å²) in [5.74, 6) is -6.18. The Morgan fingerprint density at radius 3 is 1.82 bits per heavy atom. The first-order valence-electron chi connectivity index (χ1n) is 6.25. The van der Waals surface area contributed by atoms with E-state index in [1.807, 2.05) is 0 Å². The normalized spacial score (nSPS) is 10.4. The van der Waals surface area contributed by atoms with Crippen molar-refractivity contribution in [3.8, 4) is 17.2 Å². The van der Waals surface area contributed by atoms with E-state index in [-0.39, 0.29) is 19.3 Å². The molecular weight excluding hydrogens is 304 g/mol. The van der Waals surface area contributed by atoms with Crippen LogP contribution in [0.2, 0.25) is 0 Å². The van der Waals surface area contributed by atoms with E-state index in [4.69, 9.17) is 14.2 Å². The lowest BCUT2D eigenvalue weighted by atomic mass is 10.3. The van der Waals surface area contributed by atoms with Crippen LogP contribution >= 0.6 is 0 Å². The van der Waals surface area contributed by atoms with Gasteiger partial charge in [0.05, 0.1) is 7.11 Å². The molecule has 2 rings (SSSR count). The van der Waals surface area contributed by atoms with Crippen LogP contribution in [0.15, 0.2) is 30.3 Å². The van der Waals surface area contributed by atoms with E-state index in [0.717, 1.165) is 0 Å². The fraction of sp³-hybridized carbons (Fsp3) is 0.200. The number of rotatable bonds is 6. The first-order valence-corrected chi connectivity index (χ1v) is 6.25. The summed E-state index contributed by atoms with van der Waals surface area (Å²) in [6.45, 7) is -0.355. The molecule has 7 heteroatoms. The van der Waals surface area contributed by atoms with Crippen molar-refractivity contribution in [2.45, 2.75) is 0 Å². The minimum atomic E-state index is -1.58. The summed E-state index contributed by atoms with van der Waals surface area (Å²) in [7, 11) is 1.52. The van der Waals surface area contributed by atoms with E-state index in [1.54, 1.807) is 24.3 Å². The van der Waals surface area contributed by atoms with Crippen molar-refractivity contribution in [1.29, 1.82) is 0 Å². The van der Waals surface area contributed by atoms with Gasteiger partial charge in [-0.3, -0.25) is 0 Å². The van der Waals surface area contributed by atoms with Crippen molar-refractivity contribution in [2.75, 3.05) is 20.3 Å². The molecule has 0 bridgehead atoms. The molecule has 0 aromatic heterocycles. The Hall–Kier alpha value is -2.44. The molecule has 0 spiro atoms. The molecule has 22 heavy (non-hydrogen) atoms. The molecule has 0 N–H and O–H groups in total. The second kappa shape index (κ2) is 7.02. The van der Waals surface area contributed by atoms with Gasteiger partial charge in [-0.15, -0.1) is 0 Å². The fourth-order valence-corrected chi connectivity index (χ4v) is 1.65. The fourth-order valence-electron chi connectivity index (χ4n) is 1.65. The summed E-state index contributed by atoms with van der Waals surface area (Å²) in [5, 5.41) is 0. The van der Waals surface area contributed by atoms with Gasteiger partial charge in [0.25, 0.3) is 0 Å². The molecule has 0 atom stereocenters. The molecular formula is C15H12F4O3. The van der Waals surface area contributed by atoms with E-state index < -0.39 is 29.0 Å². The molecule has 0 heterocycles. The minimum absolute atomic E-state index is 0.0661. The van der Waals surface area contributed by atoms with Crippen molar-refractivity contribution in [2.24, 2.45) is 0 Å². The van der Waals surface area contributed by atoms with Crippen molar-refractivity contribution < 1.29 is 31.8 Å². The van der Waals surface area contributed by atoms with Gasteiger partial charge in [0.1, 0.15) is 24.7 Å². The van der Waals surface area contributed by atoms with Crippen LogP contribution < -0.4 is 14.2 Å². The average Bonchev–Trinajstić information content (AvgIpc) is 2.53. The van der Waals surface area contributed by atoms with E-state index in [1.165, 1.54) is 7.11 Å². The maximum absolute atomic E-state index is 13.3. The molecule has 0 aliphatic rings. The standard InChI is InChI=1S/C15H12F4O3/c1-20-9-2-4-10(5-3-9)21-6-7-22-15-13(18)11(16)8-12(17)14(15)19/h2-5,8H,6-7H2,1H3. The lowest BCUT2D eigenvalue weighted by molar-refractivity contribution is 0.201. The lowest BCUT2D eigenvalue weighted by Gasteiger charge is -2.10. The van der Waals surface area contributed by atoms with Crippen LogP contribution in [-0.4, -0.2) is 20.3 Å². The van der Waals surface area contributed by atoms with Crippen molar-refractivity contribution in [3.05, 3.63) is 53.6 Å². The van der Waals surface area contributed by atoms with Gasteiger partial charge < -0.3 is 14.2 Å². The summed E-state index contributed by atoms with van der Waals surface area (Å²) in [6.07, 6.45) is 0. The molecule has 2 aromatic rings. The van der Waals surface area contributed by atoms with Gasteiger partial charge in [0.15, 0.2) is 17.4 Å². The van der Waals surface area contributed by atoms with Crippen molar-refractivity contribution in [3.63, 3.8) is 0 Å². The molecule has 0 fully saturated rings. The Bertz CT molecular complexity index is 618. The van der Waals surface area contributed by atoms with Gasteiger partial charge in [0.2, 0.25) is 11.6 Å². The molecule has 0 saturated carbocycles. The quantitative estimate of drug-likeness (QED) is 0.462. The summed E-state index contributed by atoms with van der Waals surface area (Å²) >= 11 is 0. The van der Waals surface area contributed by atoms with E-state index in [2.05, 4.69) is 0 Å². The van der Waals surface area contributed by atoms with Gasteiger partial charge in [-0.1, -0.05) is 0 Å². The number of ether oxygens (including phenoxy) is 3. The predicted octanol–water partition coefficient (Wildman–Crippen LogP) is 3.71. The Kier molecular flexibility index (Phi) is 5.08. The molecule has 3 nitrogen and oxygen atoms in total. The van der Waals surface area contributed by atoms with Crippen LogP contribution in [0.1, 0.15) is 0 Å². The van der Waals surface area contributed by atoms with Crippen LogP contribution in [-0.2, 0) is 0 Å². The molecule has 2 aromatic carbocycles. The third-order valence-electron chi connectivity index (χ3n) is 2.73. The first kappa shape index (κ1) is 15.9. The zero-order valence-corrected chi connectivity index (χ0v) is 11.5. The Labute approximate surface area is 124 Å². The summed E-state index contributed by atoms with van der Waals surface area (Å²) in [6, 6.07) is 6.70. The molecule has 118 valence electrons. The van der Waals surface area contributed by atoms with Gasteiger partial charge in [0, 0.05) is 6.07 Å². The monoisotopic (exact) mass is 316 g/mol. The van der Waals surface area contributed by atoms with E-state index in [0.29, 0.717) is 11.5 Å². The summed E-state index contributed by atoms with van der Waals surface area (Å²) in [5.41, 5.74) is 0. The van der Waals surface area contributed by atoms with Crippen LogP contribution in [0.3, 0.4) is 0 Å².